The van der Waals surface area contributed by atoms with Gasteiger partial charge >= 0.3 is 0 Å². The lowest BCUT2D eigenvalue weighted by Crippen LogP contribution is -2.02. The maximum Gasteiger partial charge on any atom is 0.146 e. The van der Waals surface area contributed by atoms with Gasteiger partial charge in [-0.3, -0.25) is 0 Å². The van der Waals surface area contributed by atoms with Crippen LogP contribution >= 0.6 is 11.6 Å². The molecule has 4 heteroatoms. The molecule has 0 radical (unpaired) electrons. The Morgan fingerprint density at radius 2 is 2.06 bits per heavy atom. The monoisotopic (exact) mass is 265 g/mol. The number of aromatic hydroxyl groups is 1. The van der Waals surface area contributed by atoms with E-state index in [1.807, 2.05) is 13.0 Å². The minimum Gasteiger partial charge on any atom is -0.506 e. The number of phenols is 1. The predicted molar refractivity (Wildman–Crippen MR) is 71.6 cm³/mol. The molecule has 94 valence electrons. The van der Waals surface area contributed by atoms with Crippen molar-refractivity contribution in [3.8, 4) is 5.75 Å². The van der Waals surface area contributed by atoms with Crippen LogP contribution in [-0.2, 0) is 6.54 Å². The van der Waals surface area contributed by atoms with Gasteiger partial charge in [0.1, 0.15) is 11.6 Å². The largest absolute Gasteiger partial charge is 0.506 e. The van der Waals surface area contributed by atoms with Crippen molar-refractivity contribution >= 4 is 17.3 Å². The molecular formula is C14H13ClFNO. The number of benzene rings is 2. The fourth-order valence-electron chi connectivity index (χ4n) is 1.66. The van der Waals surface area contributed by atoms with E-state index in [0.717, 1.165) is 5.56 Å². The van der Waals surface area contributed by atoms with Crippen molar-refractivity contribution in [2.24, 2.45) is 0 Å². The molecule has 0 aromatic heterocycles. The molecule has 0 saturated heterocycles. The van der Waals surface area contributed by atoms with E-state index >= 15 is 0 Å². The van der Waals surface area contributed by atoms with Gasteiger partial charge in [-0.25, -0.2) is 4.39 Å². The van der Waals surface area contributed by atoms with Gasteiger partial charge in [-0.2, -0.15) is 0 Å². The number of phenolic OH excluding ortho intramolecular Hbond substituents is 1. The molecule has 0 atom stereocenters. The fourth-order valence-corrected chi connectivity index (χ4v) is 1.85. The summed E-state index contributed by atoms with van der Waals surface area (Å²) in [6.45, 7) is 2.14. The third-order valence-corrected chi connectivity index (χ3v) is 2.97. The number of hydrogen-bond acceptors (Lipinski definition) is 2. The lowest BCUT2D eigenvalue weighted by Gasteiger charge is -2.10. The van der Waals surface area contributed by atoms with E-state index in [9.17, 15) is 9.50 Å². The molecule has 0 bridgehead atoms. The zero-order valence-corrected chi connectivity index (χ0v) is 10.6. The topological polar surface area (TPSA) is 32.3 Å². The molecular weight excluding hydrogens is 253 g/mol. The first-order valence-electron chi connectivity index (χ1n) is 5.54. The average Bonchev–Trinajstić information content (AvgIpc) is 2.33. The van der Waals surface area contributed by atoms with E-state index in [4.69, 9.17) is 11.6 Å². The molecule has 0 heterocycles. The SMILES string of the molecule is Cc1ccc(NCc2cccc(Cl)c2O)c(F)c1. The smallest absolute Gasteiger partial charge is 0.146 e. The Labute approximate surface area is 110 Å². The van der Waals surface area contributed by atoms with Crippen molar-refractivity contribution in [3.05, 3.63) is 58.4 Å². The Morgan fingerprint density at radius 3 is 2.78 bits per heavy atom. The van der Waals surface area contributed by atoms with E-state index < -0.39 is 0 Å². The van der Waals surface area contributed by atoms with Crippen LogP contribution in [0.2, 0.25) is 5.02 Å². The van der Waals surface area contributed by atoms with Crippen LogP contribution in [0.25, 0.3) is 0 Å². The van der Waals surface area contributed by atoms with Crippen molar-refractivity contribution in [1.82, 2.24) is 0 Å². The predicted octanol–water partition coefficient (Wildman–Crippen LogP) is 4.11. The van der Waals surface area contributed by atoms with E-state index in [-0.39, 0.29) is 11.6 Å². The van der Waals surface area contributed by atoms with Gasteiger partial charge in [0.05, 0.1) is 10.7 Å². The van der Waals surface area contributed by atoms with Crippen LogP contribution < -0.4 is 5.32 Å². The Morgan fingerprint density at radius 1 is 1.28 bits per heavy atom. The maximum atomic E-state index is 13.6. The summed E-state index contributed by atoms with van der Waals surface area (Å²) in [7, 11) is 0. The van der Waals surface area contributed by atoms with Crippen LogP contribution in [0, 0.1) is 12.7 Å². The van der Waals surface area contributed by atoms with Gasteiger partial charge in [-0.05, 0) is 30.7 Å². The molecule has 0 aliphatic rings. The second-order valence-corrected chi connectivity index (χ2v) is 4.49. The average molecular weight is 266 g/mol. The van der Waals surface area contributed by atoms with Crippen LogP contribution in [0.3, 0.4) is 0 Å². The van der Waals surface area contributed by atoms with E-state index in [0.29, 0.717) is 22.8 Å². The standard InChI is InChI=1S/C14H13ClFNO/c1-9-5-6-13(12(16)7-9)17-8-10-3-2-4-11(15)14(10)18/h2-7,17-18H,8H2,1H3. The fraction of sp³-hybridized carbons (Fsp3) is 0.143. The lowest BCUT2D eigenvalue weighted by molar-refractivity contribution is 0.469. The van der Waals surface area contributed by atoms with Crippen molar-refractivity contribution in [1.29, 1.82) is 0 Å². The second kappa shape index (κ2) is 5.27. The van der Waals surface area contributed by atoms with Gasteiger partial charge in [0.25, 0.3) is 0 Å². The molecule has 0 spiro atoms. The third-order valence-electron chi connectivity index (χ3n) is 2.66. The van der Waals surface area contributed by atoms with Gasteiger partial charge in [0, 0.05) is 12.1 Å². The number of aryl methyl sites for hydroxylation is 1. The summed E-state index contributed by atoms with van der Waals surface area (Å²) >= 11 is 5.80. The first-order chi connectivity index (χ1) is 8.58. The highest BCUT2D eigenvalue weighted by molar-refractivity contribution is 6.32. The highest BCUT2D eigenvalue weighted by atomic mass is 35.5. The zero-order valence-electron chi connectivity index (χ0n) is 9.87. The van der Waals surface area contributed by atoms with Gasteiger partial charge in [-0.1, -0.05) is 29.8 Å². The number of anilines is 1. The molecule has 0 fully saturated rings. The van der Waals surface area contributed by atoms with Crippen LogP contribution in [0.1, 0.15) is 11.1 Å². The number of rotatable bonds is 3. The van der Waals surface area contributed by atoms with Gasteiger partial charge in [-0.15, -0.1) is 0 Å². The highest BCUT2D eigenvalue weighted by Crippen LogP contribution is 2.27. The molecule has 18 heavy (non-hydrogen) atoms. The Hall–Kier alpha value is -1.74. The number of hydrogen-bond donors (Lipinski definition) is 2. The number of nitrogens with one attached hydrogen (secondary N) is 1. The molecule has 2 N–H and O–H groups in total. The maximum absolute atomic E-state index is 13.6. The van der Waals surface area contributed by atoms with E-state index in [1.54, 1.807) is 24.3 Å². The van der Waals surface area contributed by atoms with E-state index in [1.165, 1.54) is 6.07 Å². The summed E-state index contributed by atoms with van der Waals surface area (Å²) in [6.07, 6.45) is 0. The Bertz CT molecular complexity index is 572. The highest BCUT2D eigenvalue weighted by Gasteiger charge is 2.06. The summed E-state index contributed by atoms with van der Waals surface area (Å²) in [5, 5.41) is 12.9. The second-order valence-electron chi connectivity index (χ2n) is 4.08. The number of halogens is 2. The van der Waals surface area contributed by atoms with Gasteiger partial charge in [0.2, 0.25) is 0 Å². The van der Waals surface area contributed by atoms with Crippen molar-refractivity contribution < 1.29 is 9.50 Å². The Kier molecular flexibility index (Phi) is 3.72. The molecule has 0 saturated carbocycles. The summed E-state index contributed by atoms with van der Waals surface area (Å²) in [6, 6.07) is 10.0. The van der Waals surface area contributed by atoms with Crippen molar-refractivity contribution in [2.45, 2.75) is 13.5 Å². The van der Waals surface area contributed by atoms with Crippen LogP contribution in [0.5, 0.6) is 5.75 Å². The van der Waals surface area contributed by atoms with Gasteiger partial charge in [0.15, 0.2) is 0 Å². The molecule has 2 aromatic rings. The zero-order chi connectivity index (χ0) is 13.1. The third kappa shape index (κ3) is 2.74. The van der Waals surface area contributed by atoms with Crippen LogP contribution in [0.4, 0.5) is 10.1 Å². The normalized spacial score (nSPS) is 10.4. The first-order valence-corrected chi connectivity index (χ1v) is 5.92. The molecule has 0 unspecified atom stereocenters. The summed E-state index contributed by atoms with van der Waals surface area (Å²) in [4.78, 5) is 0. The lowest BCUT2D eigenvalue weighted by atomic mass is 10.2. The minimum absolute atomic E-state index is 0.0270. The van der Waals surface area contributed by atoms with Crippen molar-refractivity contribution in [3.63, 3.8) is 0 Å². The first kappa shape index (κ1) is 12.7. The molecule has 0 aliphatic carbocycles. The molecule has 2 aromatic carbocycles. The minimum atomic E-state index is -0.309. The number of para-hydroxylation sites is 1. The van der Waals surface area contributed by atoms with E-state index in [2.05, 4.69) is 5.32 Å². The van der Waals surface area contributed by atoms with Crippen molar-refractivity contribution in [2.75, 3.05) is 5.32 Å². The van der Waals surface area contributed by atoms with Crippen LogP contribution in [0.15, 0.2) is 36.4 Å². The van der Waals surface area contributed by atoms with Crippen LogP contribution in [-0.4, -0.2) is 5.11 Å². The molecule has 2 nitrogen and oxygen atoms in total. The quantitative estimate of drug-likeness (QED) is 0.875. The Balaban J connectivity index is 2.14. The molecule has 0 amide bonds. The summed E-state index contributed by atoms with van der Waals surface area (Å²) in [5.74, 6) is -0.282. The molecule has 0 aliphatic heterocycles. The summed E-state index contributed by atoms with van der Waals surface area (Å²) < 4.78 is 13.6. The molecule has 2 rings (SSSR count). The van der Waals surface area contributed by atoms with Gasteiger partial charge < -0.3 is 10.4 Å². The summed E-state index contributed by atoms with van der Waals surface area (Å²) in [5.41, 5.74) is 1.89.